The monoisotopic (exact) mass is 605 g/mol. The number of amides is 1. The van der Waals surface area contributed by atoms with Crippen LogP contribution in [-0.2, 0) is 16.4 Å². The number of aromatic nitrogens is 3. The Morgan fingerprint density at radius 3 is 2.35 bits per heavy atom. The zero-order valence-corrected chi connectivity index (χ0v) is 25.4. The van der Waals surface area contributed by atoms with Gasteiger partial charge in [-0.1, -0.05) is 25.4 Å². The van der Waals surface area contributed by atoms with Crippen LogP contribution >= 0.6 is 11.6 Å². The second kappa shape index (κ2) is 12.3. The zero-order chi connectivity index (χ0) is 30.0. The third-order valence-electron chi connectivity index (χ3n) is 7.28. The number of carbonyl (C=O) groups is 1. The maximum Gasteiger partial charge on any atom is 0.391 e. The van der Waals surface area contributed by atoms with Crippen molar-refractivity contribution in [2.24, 2.45) is 5.92 Å². The average Bonchev–Trinajstić information content (AvgIpc) is 3.16. The molecule has 0 atom stereocenters. The minimum Gasteiger partial charge on any atom is -0.365 e. The first-order chi connectivity index (χ1) is 18.4. The molecule has 0 bridgehead atoms. The van der Waals surface area contributed by atoms with Crippen molar-refractivity contribution in [1.82, 2.24) is 20.1 Å². The van der Waals surface area contributed by atoms with Crippen molar-refractivity contribution in [3.05, 3.63) is 28.5 Å². The summed E-state index contributed by atoms with van der Waals surface area (Å²) >= 11 is 6.74. The highest BCUT2D eigenvalue weighted by Crippen LogP contribution is 2.38. The van der Waals surface area contributed by atoms with Gasteiger partial charge in [0.25, 0.3) is 5.91 Å². The van der Waals surface area contributed by atoms with Crippen LogP contribution < -0.4 is 10.6 Å². The van der Waals surface area contributed by atoms with Gasteiger partial charge >= 0.3 is 6.18 Å². The topological polar surface area (TPSA) is 106 Å². The van der Waals surface area contributed by atoms with Crippen molar-refractivity contribution < 1.29 is 26.4 Å². The molecule has 0 radical (unpaired) electrons. The fourth-order valence-electron chi connectivity index (χ4n) is 5.26. The van der Waals surface area contributed by atoms with Gasteiger partial charge in [-0.2, -0.15) is 18.3 Å². The van der Waals surface area contributed by atoms with Gasteiger partial charge in [0.2, 0.25) is 0 Å². The third kappa shape index (κ3) is 8.11. The molecule has 0 spiro atoms. The number of alkyl halides is 3. The summed E-state index contributed by atoms with van der Waals surface area (Å²) in [5.74, 6) is 0.0330. The molecule has 8 nitrogen and oxygen atoms in total. The largest absolute Gasteiger partial charge is 0.391 e. The molecule has 0 aromatic carbocycles. The van der Waals surface area contributed by atoms with Gasteiger partial charge in [0.1, 0.15) is 15.7 Å². The molecule has 13 heteroatoms. The molecule has 224 valence electrons. The highest BCUT2D eigenvalue weighted by molar-refractivity contribution is 7.91. The highest BCUT2D eigenvalue weighted by atomic mass is 35.5. The van der Waals surface area contributed by atoms with E-state index in [1.807, 2.05) is 20.8 Å². The second-order valence-corrected chi connectivity index (χ2v) is 14.3. The molecule has 1 aliphatic carbocycles. The minimum absolute atomic E-state index is 0.0279. The summed E-state index contributed by atoms with van der Waals surface area (Å²) in [6.07, 6.45) is 0.0576. The van der Waals surface area contributed by atoms with Crippen LogP contribution in [0, 0.1) is 5.92 Å². The number of sulfone groups is 1. The van der Waals surface area contributed by atoms with E-state index < -0.39 is 33.9 Å². The molecule has 2 heterocycles. The van der Waals surface area contributed by atoms with Crippen LogP contribution in [0.15, 0.2) is 12.3 Å². The van der Waals surface area contributed by atoms with E-state index in [9.17, 15) is 26.4 Å². The minimum atomic E-state index is -4.33. The summed E-state index contributed by atoms with van der Waals surface area (Å²) in [6, 6.07) is 1.72. The number of hydrogen-bond acceptors (Lipinski definition) is 6. The van der Waals surface area contributed by atoms with Crippen LogP contribution in [0.4, 0.5) is 19.0 Å². The Morgan fingerprint density at radius 2 is 1.82 bits per heavy atom. The van der Waals surface area contributed by atoms with Gasteiger partial charge in [0, 0.05) is 36.6 Å². The van der Waals surface area contributed by atoms with Crippen LogP contribution in [0.2, 0.25) is 5.02 Å². The van der Waals surface area contributed by atoms with E-state index >= 15 is 0 Å². The Kier molecular flexibility index (Phi) is 9.86. The first-order valence-electron chi connectivity index (χ1n) is 13.5. The first-order valence-corrected chi connectivity index (χ1v) is 15.8. The lowest BCUT2D eigenvalue weighted by molar-refractivity contribution is -0.142. The zero-order valence-electron chi connectivity index (χ0n) is 23.8. The van der Waals surface area contributed by atoms with Crippen molar-refractivity contribution in [3.8, 4) is 11.3 Å². The maximum absolute atomic E-state index is 13.1. The lowest BCUT2D eigenvalue weighted by atomic mass is 9.89. The van der Waals surface area contributed by atoms with Gasteiger partial charge in [0.15, 0.2) is 5.69 Å². The van der Waals surface area contributed by atoms with Gasteiger partial charge < -0.3 is 10.6 Å². The van der Waals surface area contributed by atoms with Crippen molar-refractivity contribution >= 4 is 33.2 Å². The van der Waals surface area contributed by atoms with E-state index in [1.54, 1.807) is 16.9 Å². The number of halogens is 4. The van der Waals surface area contributed by atoms with Crippen LogP contribution in [-0.4, -0.2) is 58.9 Å². The molecule has 2 N–H and O–H groups in total. The summed E-state index contributed by atoms with van der Waals surface area (Å²) in [4.78, 5) is 17.5. The summed E-state index contributed by atoms with van der Waals surface area (Å²) in [5, 5.41) is 10.1. The predicted molar refractivity (Wildman–Crippen MR) is 152 cm³/mol. The molecular formula is C27H39ClF3N5O3S. The van der Waals surface area contributed by atoms with Gasteiger partial charge in [0.05, 0.1) is 22.4 Å². The van der Waals surface area contributed by atoms with E-state index in [1.165, 1.54) is 20.1 Å². The van der Waals surface area contributed by atoms with E-state index in [0.717, 1.165) is 5.56 Å². The number of nitrogens with one attached hydrogen (secondary N) is 2. The van der Waals surface area contributed by atoms with E-state index in [4.69, 9.17) is 11.6 Å². The van der Waals surface area contributed by atoms with E-state index in [0.29, 0.717) is 55.8 Å². The number of pyridine rings is 1. The number of carbonyl (C=O) groups excluding carboxylic acids is 1. The van der Waals surface area contributed by atoms with Crippen LogP contribution in [0.25, 0.3) is 11.3 Å². The Bertz CT molecular complexity index is 1320. The van der Waals surface area contributed by atoms with E-state index in [-0.39, 0.29) is 27.8 Å². The SMILES string of the molecule is CCn1nc(C(=O)NCC2CCC(S(C)(=O)=O)CC2)c(Cl)c1-c1cnc(NC(C)(C)CC(F)(F)F)cc1C(C)C. The Balaban J connectivity index is 1.82. The van der Waals surface area contributed by atoms with Crippen LogP contribution in [0.3, 0.4) is 0 Å². The Morgan fingerprint density at radius 1 is 1.20 bits per heavy atom. The second-order valence-electron chi connectivity index (χ2n) is 11.6. The highest BCUT2D eigenvalue weighted by Gasteiger charge is 2.37. The lowest BCUT2D eigenvalue weighted by Gasteiger charge is -2.28. The van der Waals surface area contributed by atoms with Gasteiger partial charge in [-0.15, -0.1) is 0 Å². The fourth-order valence-corrected chi connectivity index (χ4v) is 6.71. The van der Waals surface area contributed by atoms with Crippen molar-refractivity contribution in [3.63, 3.8) is 0 Å². The smallest absolute Gasteiger partial charge is 0.365 e. The average molecular weight is 606 g/mol. The summed E-state index contributed by atoms with van der Waals surface area (Å²) in [6.45, 7) is 9.53. The van der Waals surface area contributed by atoms with Gasteiger partial charge in [-0.05, 0) is 69.9 Å². The van der Waals surface area contributed by atoms with Crippen molar-refractivity contribution in [2.45, 2.75) is 96.2 Å². The van der Waals surface area contributed by atoms with E-state index in [2.05, 4.69) is 20.7 Å². The van der Waals surface area contributed by atoms with Crippen molar-refractivity contribution in [2.75, 3.05) is 18.1 Å². The molecule has 2 aromatic heterocycles. The molecule has 0 aliphatic heterocycles. The Labute approximate surface area is 239 Å². The summed E-state index contributed by atoms with van der Waals surface area (Å²) < 4.78 is 64.3. The molecule has 2 aromatic rings. The normalized spacial score (nSPS) is 18.7. The molecule has 0 unspecified atom stereocenters. The molecule has 0 saturated heterocycles. The molecule has 1 aliphatic rings. The number of anilines is 1. The molecule has 1 saturated carbocycles. The molecule has 3 rings (SSSR count). The van der Waals surface area contributed by atoms with Gasteiger partial charge in [-0.3, -0.25) is 9.48 Å². The van der Waals surface area contributed by atoms with Crippen LogP contribution in [0.1, 0.15) is 88.7 Å². The number of hydrogen-bond donors (Lipinski definition) is 2. The van der Waals surface area contributed by atoms with Gasteiger partial charge in [-0.25, -0.2) is 13.4 Å². The standard InChI is InChI=1S/C27H39ClF3N5O3S/c1-7-36-24(20-14-32-21(12-19(20)16(2)3)34-26(4,5)15-27(29,30)31)22(28)23(35-36)25(37)33-13-17-8-10-18(11-9-17)40(6,38)39/h12,14,16-18H,7-11,13,15H2,1-6H3,(H,32,34)(H,33,37). The van der Waals surface area contributed by atoms with Crippen molar-refractivity contribution in [1.29, 1.82) is 0 Å². The lowest BCUT2D eigenvalue weighted by Crippen LogP contribution is -2.36. The summed E-state index contributed by atoms with van der Waals surface area (Å²) in [5.41, 5.74) is 0.768. The maximum atomic E-state index is 13.1. The Hall–Kier alpha value is -2.34. The predicted octanol–water partition coefficient (Wildman–Crippen LogP) is 6.22. The summed E-state index contributed by atoms with van der Waals surface area (Å²) in [7, 11) is -3.06. The van der Waals surface area contributed by atoms with Crippen LogP contribution in [0.5, 0.6) is 0 Å². The first kappa shape index (κ1) is 32.2. The third-order valence-corrected chi connectivity index (χ3v) is 9.32. The molecule has 1 amide bonds. The molecular weight excluding hydrogens is 567 g/mol. The fraction of sp³-hybridized carbons (Fsp3) is 0.667. The molecule has 40 heavy (non-hydrogen) atoms. The number of aryl methyl sites for hydroxylation is 1. The number of rotatable bonds is 10. The number of nitrogens with zero attached hydrogens (tertiary/aromatic N) is 3. The molecule has 1 fully saturated rings. The quantitative estimate of drug-likeness (QED) is 0.333.